The van der Waals surface area contributed by atoms with Crippen molar-refractivity contribution >= 4 is 11.6 Å². The van der Waals surface area contributed by atoms with E-state index < -0.39 is 0 Å². The van der Waals surface area contributed by atoms with Crippen molar-refractivity contribution in [1.29, 1.82) is 0 Å². The van der Waals surface area contributed by atoms with E-state index in [-0.39, 0.29) is 5.88 Å². The van der Waals surface area contributed by atoms with Gasteiger partial charge in [0.25, 0.3) is 0 Å². The first-order chi connectivity index (χ1) is 9.36. The van der Waals surface area contributed by atoms with Gasteiger partial charge in [0.15, 0.2) is 0 Å². The van der Waals surface area contributed by atoms with Gasteiger partial charge in [-0.05, 0) is 23.3 Å². The van der Waals surface area contributed by atoms with E-state index in [2.05, 4.69) is 22.3 Å². The van der Waals surface area contributed by atoms with Crippen molar-refractivity contribution in [1.82, 2.24) is 10.2 Å². The van der Waals surface area contributed by atoms with Crippen LogP contribution in [0.2, 0.25) is 0 Å². The predicted molar refractivity (Wildman–Crippen MR) is 74.7 cm³/mol. The molecule has 2 aromatic carbocycles. The summed E-state index contributed by atoms with van der Waals surface area (Å²) < 4.78 is 5.41. The lowest BCUT2D eigenvalue weighted by Crippen LogP contribution is -1.80. The minimum absolute atomic E-state index is 0.231. The maximum atomic E-state index is 5.64. The summed E-state index contributed by atoms with van der Waals surface area (Å²) in [6.45, 7) is 0. The van der Waals surface area contributed by atoms with Crippen molar-refractivity contribution in [2.75, 3.05) is 0 Å². The maximum Gasteiger partial charge on any atom is 0.247 e. The van der Waals surface area contributed by atoms with Gasteiger partial charge in [-0.3, -0.25) is 0 Å². The van der Waals surface area contributed by atoms with Crippen LogP contribution in [0.5, 0.6) is 0 Å². The van der Waals surface area contributed by atoms with E-state index in [0.29, 0.717) is 11.8 Å². The van der Waals surface area contributed by atoms with Gasteiger partial charge in [-0.2, -0.15) is 0 Å². The third-order valence-electron chi connectivity index (χ3n) is 2.82. The Balaban J connectivity index is 1.90. The molecule has 0 radical (unpaired) electrons. The first-order valence-electron chi connectivity index (χ1n) is 5.91. The molecule has 0 atom stereocenters. The minimum atomic E-state index is 0.231. The number of rotatable bonds is 3. The highest BCUT2D eigenvalue weighted by molar-refractivity contribution is 6.16. The van der Waals surface area contributed by atoms with Crippen LogP contribution in [-0.2, 0) is 5.88 Å². The lowest BCUT2D eigenvalue weighted by Gasteiger charge is -2.01. The van der Waals surface area contributed by atoms with Crippen molar-refractivity contribution < 1.29 is 4.42 Å². The molecule has 3 aromatic rings. The molecule has 3 rings (SSSR count). The SMILES string of the molecule is ClCc1nnc(-c2ccc(-c3ccccc3)cc2)o1. The fraction of sp³-hybridized carbons (Fsp3) is 0.0667. The topological polar surface area (TPSA) is 38.9 Å². The van der Waals surface area contributed by atoms with Gasteiger partial charge in [-0.1, -0.05) is 42.5 Å². The first kappa shape index (κ1) is 11.9. The Kier molecular flexibility index (Phi) is 3.29. The van der Waals surface area contributed by atoms with Crippen molar-refractivity contribution in [3.8, 4) is 22.6 Å². The molecular weight excluding hydrogens is 260 g/mol. The second-order valence-electron chi connectivity index (χ2n) is 4.08. The highest BCUT2D eigenvalue weighted by Crippen LogP contribution is 2.24. The third kappa shape index (κ3) is 2.51. The number of aromatic nitrogens is 2. The van der Waals surface area contributed by atoms with E-state index in [1.165, 1.54) is 5.56 Å². The Morgan fingerprint density at radius 1 is 0.789 bits per heavy atom. The van der Waals surface area contributed by atoms with Gasteiger partial charge in [0.05, 0.1) is 0 Å². The van der Waals surface area contributed by atoms with E-state index in [9.17, 15) is 0 Å². The van der Waals surface area contributed by atoms with Crippen molar-refractivity contribution in [3.63, 3.8) is 0 Å². The molecule has 0 aliphatic heterocycles. The van der Waals surface area contributed by atoms with E-state index >= 15 is 0 Å². The van der Waals surface area contributed by atoms with Gasteiger partial charge in [0.2, 0.25) is 11.8 Å². The number of nitrogens with zero attached hydrogens (tertiary/aromatic N) is 2. The van der Waals surface area contributed by atoms with Crippen molar-refractivity contribution in [3.05, 3.63) is 60.5 Å². The molecule has 1 aromatic heterocycles. The summed E-state index contributed by atoms with van der Waals surface area (Å²) in [7, 11) is 0. The molecule has 0 saturated carbocycles. The van der Waals surface area contributed by atoms with Gasteiger partial charge in [-0.25, -0.2) is 0 Å². The zero-order valence-electron chi connectivity index (χ0n) is 10.1. The lowest BCUT2D eigenvalue weighted by molar-refractivity contribution is 0.527. The molecule has 1 heterocycles. The first-order valence-corrected chi connectivity index (χ1v) is 6.44. The van der Waals surface area contributed by atoms with Crippen LogP contribution in [0.3, 0.4) is 0 Å². The third-order valence-corrected chi connectivity index (χ3v) is 3.05. The molecule has 4 heteroatoms. The van der Waals surface area contributed by atoms with Crippen LogP contribution in [0.15, 0.2) is 59.0 Å². The highest BCUT2D eigenvalue weighted by atomic mass is 35.5. The second kappa shape index (κ2) is 5.24. The van der Waals surface area contributed by atoms with Gasteiger partial charge in [0.1, 0.15) is 5.88 Å². The summed E-state index contributed by atoms with van der Waals surface area (Å²) in [5, 5.41) is 7.80. The molecule has 0 bridgehead atoms. The van der Waals surface area contributed by atoms with Crippen LogP contribution in [0.4, 0.5) is 0 Å². The summed E-state index contributed by atoms with van der Waals surface area (Å²) >= 11 is 5.64. The van der Waals surface area contributed by atoms with Crippen LogP contribution in [-0.4, -0.2) is 10.2 Å². The largest absolute Gasteiger partial charge is 0.419 e. The van der Waals surface area contributed by atoms with Gasteiger partial charge >= 0.3 is 0 Å². The number of benzene rings is 2. The Labute approximate surface area is 115 Å². The fourth-order valence-electron chi connectivity index (χ4n) is 1.86. The lowest BCUT2D eigenvalue weighted by atomic mass is 10.0. The average Bonchev–Trinajstić information content (AvgIpc) is 2.97. The smallest absolute Gasteiger partial charge is 0.247 e. The zero-order valence-corrected chi connectivity index (χ0v) is 10.8. The summed E-state index contributed by atoms with van der Waals surface area (Å²) in [5.41, 5.74) is 3.23. The number of alkyl halides is 1. The molecule has 0 spiro atoms. The summed E-state index contributed by atoms with van der Waals surface area (Å²) in [6.07, 6.45) is 0. The Morgan fingerprint density at radius 3 is 2.05 bits per heavy atom. The maximum absolute atomic E-state index is 5.64. The Bertz CT molecular complexity index is 662. The summed E-state index contributed by atoms with van der Waals surface area (Å²) in [4.78, 5) is 0. The fourth-order valence-corrected chi connectivity index (χ4v) is 1.97. The van der Waals surface area contributed by atoms with Gasteiger partial charge in [-0.15, -0.1) is 21.8 Å². The molecular formula is C15H11ClN2O. The molecule has 0 N–H and O–H groups in total. The van der Waals surface area contributed by atoms with Crippen molar-refractivity contribution in [2.45, 2.75) is 5.88 Å². The molecule has 0 fully saturated rings. The monoisotopic (exact) mass is 270 g/mol. The quantitative estimate of drug-likeness (QED) is 0.671. The molecule has 19 heavy (non-hydrogen) atoms. The van der Waals surface area contributed by atoms with Crippen LogP contribution < -0.4 is 0 Å². The Hall–Kier alpha value is -2.13. The standard InChI is InChI=1S/C15H11ClN2O/c16-10-14-17-18-15(19-14)13-8-6-12(7-9-13)11-4-2-1-3-5-11/h1-9H,10H2. The molecule has 94 valence electrons. The average molecular weight is 271 g/mol. The van der Waals surface area contributed by atoms with Gasteiger partial charge < -0.3 is 4.42 Å². The molecule has 0 saturated heterocycles. The second-order valence-corrected chi connectivity index (χ2v) is 4.35. The number of halogens is 1. The zero-order chi connectivity index (χ0) is 13.1. The number of hydrogen-bond donors (Lipinski definition) is 0. The van der Waals surface area contributed by atoms with Crippen LogP contribution >= 0.6 is 11.6 Å². The van der Waals surface area contributed by atoms with Crippen molar-refractivity contribution in [2.24, 2.45) is 0 Å². The van der Waals surface area contributed by atoms with Crippen LogP contribution in [0, 0.1) is 0 Å². The van der Waals surface area contributed by atoms with E-state index in [4.69, 9.17) is 16.0 Å². The highest BCUT2D eigenvalue weighted by Gasteiger charge is 2.07. The Morgan fingerprint density at radius 2 is 1.42 bits per heavy atom. The van der Waals surface area contributed by atoms with E-state index in [1.807, 2.05) is 42.5 Å². The molecule has 3 nitrogen and oxygen atoms in total. The minimum Gasteiger partial charge on any atom is -0.419 e. The molecule has 0 amide bonds. The van der Waals surface area contributed by atoms with E-state index in [1.54, 1.807) is 0 Å². The van der Waals surface area contributed by atoms with Crippen LogP contribution in [0.1, 0.15) is 5.89 Å². The normalized spacial score (nSPS) is 10.6. The molecule has 0 unspecified atom stereocenters. The predicted octanol–water partition coefficient (Wildman–Crippen LogP) is 4.14. The molecule has 0 aliphatic carbocycles. The van der Waals surface area contributed by atoms with E-state index in [0.717, 1.165) is 11.1 Å². The summed E-state index contributed by atoms with van der Waals surface area (Å²) in [6, 6.07) is 18.2. The van der Waals surface area contributed by atoms with Crippen LogP contribution in [0.25, 0.3) is 22.6 Å². The number of hydrogen-bond acceptors (Lipinski definition) is 3. The van der Waals surface area contributed by atoms with Gasteiger partial charge in [0, 0.05) is 5.56 Å². The molecule has 0 aliphatic rings. The summed E-state index contributed by atoms with van der Waals surface area (Å²) in [5.74, 6) is 1.16.